The molecule has 0 atom stereocenters. The lowest BCUT2D eigenvalue weighted by Crippen LogP contribution is -2.15. The van der Waals surface area contributed by atoms with Gasteiger partial charge in [-0.1, -0.05) is 6.07 Å². The number of thioether (sulfide) groups is 1. The fraction of sp³-hybridized carbons (Fsp3) is 0.167. The molecule has 0 aliphatic carbocycles. The average molecular weight is 491 g/mol. The smallest absolute Gasteiger partial charge is 0.416 e. The number of alkyl halides is 3. The minimum Gasteiger partial charge on any atom is -0.493 e. The highest BCUT2D eigenvalue weighted by Gasteiger charge is 2.30. The van der Waals surface area contributed by atoms with Gasteiger partial charge < -0.3 is 20.1 Å². The van der Waals surface area contributed by atoms with Gasteiger partial charge in [0.15, 0.2) is 11.5 Å². The number of hydrogen-bond donors (Lipinski definition) is 2. The fourth-order valence-corrected chi connectivity index (χ4v) is 3.63. The van der Waals surface area contributed by atoms with E-state index in [1.165, 1.54) is 38.1 Å². The second-order valence-corrected chi connectivity index (χ2v) is 8.01. The Morgan fingerprint density at radius 1 is 0.853 bits per heavy atom. The molecule has 2 N–H and O–H groups in total. The van der Waals surface area contributed by atoms with Crippen LogP contribution in [0.5, 0.6) is 11.5 Å². The summed E-state index contributed by atoms with van der Waals surface area (Å²) in [4.78, 5) is 25.4. The number of methoxy groups -OCH3 is 2. The molecule has 0 aliphatic rings. The maximum Gasteiger partial charge on any atom is 0.416 e. The van der Waals surface area contributed by atoms with E-state index in [1.807, 2.05) is 0 Å². The molecule has 3 aromatic carbocycles. The van der Waals surface area contributed by atoms with E-state index in [2.05, 4.69) is 10.6 Å². The molecule has 10 heteroatoms. The molecule has 0 aliphatic heterocycles. The normalized spacial score (nSPS) is 11.0. The van der Waals surface area contributed by atoms with E-state index in [0.717, 1.165) is 17.0 Å². The van der Waals surface area contributed by atoms with Crippen LogP contribution in [0.2, 0.25) is 0 Å². The number of benzene rings is 3. The molecule has 0 saturated heterocycles. The van der Waals surface area contributed by atoms with Gasteiger partial charge in [0, 0.05) is 21.8 Å². The number of ether oxygens (including phenoxy) is 2. The summed E-state index contributed by atoms with van der Waals surface area (Å²) >= 11 is 1.21. The fourth-order valence-electron chi connectivity index (χ4n) is 2.93. The Kier molecular flexibility index (Phi) is 8.06. The lowest BCUT2D eigenvalue weighted by Gasteiger charge is -2.11. The van der Waals surface area contributed by atoms with Crippen molar-refractivity contribution in [1.82, 2.24) is 0 Å². The molecule has 0 unspecified atom stereocenters. The van der Waals surface area contributed by atoms with Gasteiger partial charge in [0.05, 0.1) is 25.5 Å². The van der Waals surface area contributed by atoms with Gasteiger partial charge in [-0.05, 0) is 60.7 Å². The Labute approximate surface area is 198 Å². The third-order valence-electron chi connectivity index (χ3n) is 4.60. The summed E-state index contributed by atoms with van der Waals surface area (Å²) in [5.41, 5.74) is 0.192. The third-order valence-corrected chi connectivity index (χ3v) is 5.61. The third kappa shape index (κ3) is 6.67. The van der Waals surface area contributed by atoms with Crippen LogP contribution in [0.25, 0.3) is 0 Å². The number of nitrogens with one attached hydrogen (secondary N) is 2. The van der Waals surface area contributed by atoms with E-state index in [1.54, 1.807) is 42.5 Å². The quantitative estimate of drug-likeness (QED) is 0.396. The summed E-state index contributed by atoms with van der Waals surface area (Å²) in [6.45, 7) is 0. The number of halogens is 3. The van der Waals surface area contributed by atoms with E-state index < -0.39 is 17.6 Å². The zero-order valence-electron chi connectivity index (χ0n) is 18.2. The number of hydrogen-bond acceptors (Lipinski definition) is 5. The zero-order valence-corrected chi connectivity index (χ0v) is 19.0. The summed E-state index contributed by atoms with van der Waals surface area (Å²) < 4.78 is 48.8. The molecule has 0 spiro atoms. The number of carbonyl (C=O) groups excluding carboxylic acids is 2. The Hall–Kier alpha value is -3.66. The second kappa shape index (κ2) is 11.0. The molecule has 0 heterocycles. The van der Waals surface area contributed by atoms with Crippen LogP contribution in [0.3, 0.4) is 0 Å². The first kappa shape index (κ1) is 25.0. The van der Waals surface area contributed by atoms with Crippen molar-refractivity contribution in [3.05, 3.63) is 77.9 Å². The largest absolute Gasteiger partial charge is 0.493 e. The van der Waals surface area contributed by atoms with E-state index in [4.69, 9.17) is 9.47 Å². The van der Waals surface area contributed by atoms with Gasteiger partial charge in [-0.2, -0.15) is 13.2 Å². The molecule has 3 rings (SSSR count). The predicted molar refractivity (Wildman–Crippen MR) is 125 cm³/mol. The van der Waals surface area contributed by atoms with Crippen LogP contribution in [0.4, 0.5) is 24.5 Å². The highest BCUT2D eigenvalue weighted by molar-refractivity contribution is 8.00. The summed E-state index contributed by atoms with van der Waals surface area (Å²) in [6, 6.07) is 16.1. The van der Waals surface area contributed by atoms with Gasteiger partial charge in [0.2, 0.25) is 5.91 Å². The zero-order chi connectivity index (χ0) is 24.7. The molecule has 34 heavy (non-hydrogen) atoms. The maximum absolute atomic E-state index is 12.8. The lowest BCUT2D eigenvalue weighted by atomic mass is 10.2. The number of carbonyl (C=O) groups is 2. The SMILES string of the molecule is COc1ccc(C(=O)Nc2ccc(SCC(=O)Nc3cccc(C(F)(F)F)c3)cc2)cc1OC. The van der Waals surface area contributed by atoms with E-state index >= 15 is 0 Å². The van der Waals surface area contributed by atoms with Crippen LogP contribution >= 0.6 is 11.8 Å². The average Bonchev–Trinajstić information content (AvgIpc) is 2.82. The van der Waals surface area contributed by atoms with E-state index in [9.17, 15) is 22.8 Å². The second-order valence-electron chi connectivity index (χ2n) is 6.96. The molecule has 6 nitrogen and oxygen atoms in total. The van der Waals surface area contributed by atoms with Crippen LogP contribution in [-0.4, -0.2) is 31.8 Å². The van der Waals surface area contributed by atoms with Crippen molar-refractivity contribution >= 4 is 35.0 Å². The van der Waals surface area contributed by atoms with Crippen molar-refractivity contribution in [3.63, 3.8) is 0 Å². The summed E-state index contributed by atoms with van der Waals surface area (Å²) in [6.07, 6.45) is -4.48. The molecule has 0 saturated carbocycles. The topological polar surface area (TPSA) is 76.7 Å². The van der Waals surface area contributed by atoms with Crippen LogP contribution in [-0.2, 0) is 11.0 Å². The molecular formula is C24H21F3N2O4S. The molecule has 0 aromatic heterocycles. The Morgan fingerprint density at radius 3 is 2.21 bits per heavy atom. The molecule has 178 valence electrons. The Morgan fingerprint density at radius 2 is 1.56 bits per heavy atom. The molecule has 0 fully saturated rings. The van der Waals surface area contributed by atoms with E-state index in [-0.39, 0.29) is 17.3 Å². The van der Waals surface area contributed by atoms with Gasteiger partial charge >= 0.3 is 6.18 Å². The summed E-state index contributed by atoms with van der Waals surface area (Å²) in [5, 5.41) is 5.24. The Balaban J connectivity index is 1.54. The predicted octanol–water partition coefficient (Wildman–Crippen LogP) is 5.71. The standard InChI is InChI=1S/C24H21F3N2O4S/c1-32-20-11-6-15(12-21(20)33-2)23(31)29-17-7-9-19(10-8-17)34-14-22(30)28-18-5-3-4-16(13-18)24(25,26)27/h3-13H,14H2,1-2H3,(H,28,30)(H,29,31). The number of amides is 2. The summed E-state index contributed by atoms with van der Waals surface area (Å²) in [7, 11) is 2.99. The summed E-state index contributed by atoms with van der Waals surface area (Å²) in [5.74, 6) is 0.188. The first-order valence-corrected chi connectivity index (χ1v) is 10.9. The number of anilines is 2. The monoisotopic (exact) mass is 490 g/mol. The lowest BCUT2D eigenvalue weighted by molar-refractivity contribution is -0.137. The molecule has 3 aromatic rings. The van der Waals surface area contributed by atoms with Gasteiger partial charge in [-0.25, -0.2) is 0 Å². The van der Waals surface area contributed by atoms with E-state index in [0.29, 0.717) is 22.7 Å². The van der Waals surface area contributed by atoms with Crippen molar-refractivity contribution in [3.8, 4) is 11.5 Å². The molecule has 0 radical (unpaired) electrons. The van der Waals surface area contributed by atoms with Crippen LogP contribution in [0.15, 0.2) is 71.6 Å². The Bertz CT molecular complexity index is 1170. The maximum atomic E-state index is 12.8. The molecule has 0 bridgehead atoms. The minimum absolute atomic E-state index is 0.00753. The van der Waals surface area contributed by atoms with Gasteiger partial charge in [-0.3, -0.25) is 9.59 Å². The van der Waals surface area contributed by atoms with Crippen LogP contribution in [0, 0.1) is 0 Å². The van der Waals surface area contributed by atoms with Crippen LogP contribution < -0.4 is 20.1 Å². The highest BCUT2D eigenvalue weighted by atomic mass is 32.2. The van der Waals surface area contributed by atoms with Crippen molar-refractivity contribution in [1.29, 1.82) is 0 Å². The first-order valence-electron chi connectivity index (χ1n) is 9.93. The van der Waals surface area contributed by atoms with Gasteiger partial charge in [0.1, 0.15) is 0 Å². The molecular weight excluding hydrogens is 469 g/mol. The van der Waals surface area contributed by atoms with Crippen molar-refractivity contribution in [2.75, 3.05) is 30.6 Å². The van der Waals surface area contributed by atoms with Gasteiger partial charge in [0.25, 0.3) is 5.91 Å². The van der Waals surface area contributed by atoms with Crippen LogP contribution in [0.1, 0.15) is 15.9 Å². The number of rotatable bonds is 8. The van der Waals surface area contributed by atoms with Crippen molar-refractivity contribution < 1.29 is 32.2 Å². The van der Waals surface area contributed by atoms with Crippen molar-refractivity contribution in [2.24, 2.45) is 0 Å². The minimum atomic E-state index is -4.48. The van der Waals surface area contributed by atoms with Gasteiger partial charge in [-0.15, -0.1) is 11.8 Å². The highest BCUT2D eigenvalue weighted by Crippen LogP contribution is 2.31. The molecule has 2 amide bonds. The first-order chi connectivity index (χ1) is 16.2. The van der Waals surface area contributed by atoms with Crippen molar-refractivity contribution in [2.45, 2.75) is 11.1 Å².